The number of imide groups is 3. The summed E-state index contributed by atoms with van der Waals surface area (Å²) in [7, 11) is 9.89. The summed E-state index contributed by atoms with van der Waals surface area (Å²) in [5.41, 5.74) is 0. The minimum Gasteiger partial charge on any atom is -0.338 e. The molecule has 0 aromatic carbocycles. The summed E-state index contributed by atoms with van der Waals surface area (Å²) in [6.07, 6.45) is -0.0462. The van der Waals surface area contributed by atoms with Gasteiger partial charge in [-0.05, 0) is 76.2 Å². The number of carbonyl (C=O) groups excluding carboxylic acids is 9. The van der Waals surface area contributed by atoms with E-state index in [0.717, 1.165) is 19.6 Å². The van der Waals surface area contributed by atoms with Crippen LogP contribution in [0.15, 0.2) is 0 Å². The quantitative estimate of drug-likeness (QED) is 0.263. The van der Waals surface area contributed by atoms with Gasteiger partial charge in [0.05, 0.1) is 18.4 Å². The molecule has 0 spiro atoms. The predicted octanol–water partition coefficient (Wildman–Crippen LogP) is 3.16. The maximum Gasteiger partial charge on any atom is 0.326 e. The van der Waals surface area contributed by atoms with Gasteiger partial charge in [-0.25, -0.2) is 14.4 Å². The van der Waals surface area contributed by atoms with E-state index in [-0.39, 0.29) is 36.5 Å². The standard InChI is InChI=1S/C46H85N11O9/c1-21-32-41(61)51(14)31(13)40(60)52(15)33(22-25(2)3)39(59)49-37(29(10)11)54(17)35(24-27(6)7)47-30(12)38(58)50-45(65)53(16)34(23-26(4)5)42(62)57(20)46(66)55(18)36(28(8)9)43(63)56(19)44(64)48-32/h25-37,47H,21-24H2,1-20H3,(H,48,64)(H,49,59)(H,50,58,65)/t30-,31-,32?,33+,34-,35-,36?,37?/m1/s1. The summed E-state index contributed by atoms with van der Waals surface area (Å²) >= 11 is 0. The zero-order valence-electron chi connectivity index (χ0n) is 43.6. The van der Waals surface area contributed by atoms with Crippen molar-refractivity contribution in [3.8, 4) is 0 Å². The molecular formula is C46H85N11O9. The highest BCUT2D eigenvalue weighted by Crippen LogP contribution is 2.21. The van der Waals surface area contributed by atoms with Crippen LogP contribution in [-0.2, 0) is 28.8 Å². The Morgan fingerprint density at radius 3 is 1.50 bits per heavy atom. The van der Waals surface area contributed by atoms with E-state index in [9.17, 15) is 43.2 Å². The number of likely N-dealkylation sites (N-methyl/N-ethyl adjacent to an activating group) is 6. The van der Waals surface area contributed by atoms with Gasteiger partial charge in [-0.3, -0.25) is 54.1 Å². The van der Waals surface area contributed by atoms with Crippen molar-refractivity contribution in [2.24, 2.45) is 29.6 Å². The van der Waals surface area contributed by atoms with E-state index in [2.05, 4.69) is 21.3 Å². The molecule has 8 atom stereocenters. The van der Waals surface area contributed by atoms with Crippen molar-refractivity contribution in [3.05, 3.63) is 0 Å². The van der Waals surface area contributed by atoms with Crippen molar-refractivity contribution in [1.29, 1.82) is 0 Å². The molecule has 0 bridgehead atoms. The highest BCUT2D eigenvalue weighted by molar-refractivity contribution is 6.04. The molecule has 0 radical (unpaired) electrons. The Labute approximate surface area is 394 Å². The Morgan fingerprint density at radius 2 is 1.03 bits per heavy atom. The van der Waals surface area contributed by atoms with Crippen molar-refractivity contribution in [2.45, 2.75) is 164 Å². The third-order valence-electron chi connectivity index (χ3n) is 12.3. The molecule has 378 valence electrons. The number of hydrogen-bond donors (Lipinski definition) is 4. The molecule has 0 saturated carbocycles. The molecule has 20 nitrogen and oxygen atoms in total. The second kappa shape index (κ2) is 25.9. The van der Waals surface area contributed by atoms with E-state index >= 15 is 0 Å². The van der Waals surface area contributed by atoms with Crippen LogP contribution in [0.3, 0.4) is 0 Å². The summed E-state index contributed by atoms with van der Waals surface area (Å²) < 4.78 is 0. The number of hydrogen-bond acceptors (Lipinski definition) is 11. The lowest BCUT2D eigenvalue weighted by molar-refractivity contribution is -0.148. The lowest BCUT2D eigenvalue weighted by Crippen LogP contribution is -2.63. The van der Waals surface area contributed by atoms with Crippen molar-refractivity contribution >= 4 is 53.5 Å². The number of urea groups is 3. The van der Waals surface area contributed by atoms with Crippen LogP contribution >= 0.6 is 0 Å². The lowest BCUT2D eigenvalue weighted by atomic mass is 9.99. The van der Waals surface area contributed by atoms with Crippen LogP contribution in [0.5, 0.6) is 0 Å². The number of rotatable bonds is 9. The molecule has 20 heteroatoms. The second-order valence-electron chi connectivity index (χ2n) is 20.0. The molecule has 1 heterocycles. The highest BCUT2D eigenvalue weighted by atomic mass is 16.2. The summed E-state index contributed by atoms with van der Waals surface area (Å²) in [6, 6.07) is -9.30. The van der Waals surface area contributed by atoms with Gasteiger partial charge in [-0.15, -0.1) is 0 Å². The van der Waals surface area contributed by atoms with Crippen LogP contribution in [0.2, 0.25) is 0 Å². The highest BCUT2D eigenvalue weighted by Gasteiger charge is 2.41. The molecule has 66 heavy (non-hydrogen) atoms. The van der Waals surface area contributed by atoms with Crippen LogP contribution in [0.25, 0.3) is 0 Å². The maximum absolute atomic E-state index is 14.4. The first kappa shape index (κ1) is 59.2. The Morgan fingerprint density at radius 1 is 0.515 bits per heavy atom. The maximum atomic E-state index is 14.4. The van der Waals surface area contributed by atoms with E-state index < -0.39 is 108 Å². The summed E-state index contributed by atoms with van der Waals surface area (Å²) in [4.78, 5) is 134. The molecule has 12 amide bonds. The Bertz CT molecular complexity index is 1720. The molecule has 0 aromatic heterocycles. The van der Waals surface area contributed by atoms with E-state index in [1.54, 1.807) is 27.7 Å². The summed E-state index contributed by atoms with van der Waals surface area (Å²) in [5, 5.41) is 11.5. The van der Waals surface area contributed by atoms with Gasteiger partial charge in [-0.2, -0.15) is 0 Å². The fourth-order valence-corrected chi connectivity index (χ4v) is 8.04. The van der Waals surface area contributed by atoms with Gasteiger partial charge in [0.25, 0.3) is 11.8 Å². The number of nitrogens with one attached hydrogen (secondary N) is 4. The largest absolute Gasteiger partial charge is 0.338 e. The molecule has 1 saturated heterocycles. The van der Waals surface area contributed by atoms with Crippen LogP contribution in [0, 0.1) is 29.6 Å². The van der Waals surface area contributed by atoms with Gasteiger partial charge in [-0.1, -0.05) is 76.2 Å². The topological polar surface area (TPSA) is 224 Å². The van der Waals surface area contributed by atoms with Crippen LogP contribution in [0.4, 0.5) is 14.4 Å². The Balaban J connectivity index is 4.00. The second-order valence-corrected chi connectivity index (χ2v) is 20.0. The number of carbonyl (C=O) groups is 9. The number of nitrogens with zero attached hydrogens (tertiary/aromatic N) is 7. The monoisotopic (exact) mass is 936 g/mol. The summed E-state index contributed by atoms with van der Waals surface area (Å²) in [6.45, 7) is 23.6. The van der Waals surface area contributed by atoms with Crippen molar-refractivity contribution in [1.82, 2.24) is 55.6 Å². The molecule has 4 N–H and O–H groups in total. The normalized spacial score (nSPS) is 27.1. The molecule has 0 aliphatic carbocycles. The zero-order valence-corrected chi connectivity index (χ0v) is 43.6. The molecule has 1 fully saturated rings. The SMILES string of the molecule is CCC1NC(=O)N(C)C(=O)C(C(C)C)N(C)C(=O)N(C)C(=O)[C@@H](CC(C)C)N(C)C(=O)NC(=O)[C@@H](C)N[C@@H](CC(C)C)N(C)C(C(C)C)NC(=O)[C@H](CC(C)C)N(C)C(=O)[C@@H](C)N(C)C1=O. The van der Waals surface area contributed by atoms with Crippen LogP contribution < -0.4 is 21.3 Å². The van der Waals surface area contributed by atoms with Gasteiger partial charge >= 0.3 is 18.1 Å². The minimum atomic E-state index is -1.26. The van der Waals surface area contributed by atoms with Crippen LogP contribution in [0.1, 0.15) is 116 Å². The van der Waals surface area contributed by atoms with Gasteiger partial charge in [0, 0.05) is 42.3 Å². The molecule has 3 unspecified atom stereocenters. The Kier molecular flexibility index (Phi) is 23.2. The number of amides is 12. The molecular weight excluding hydrogens is 851 g/mol. The third-order valence-corrected chi connectivity index (χ3v) is 12.3. The average Bonchev–Trinajstić information content (AvgIpc) is 3.23. The van der Waals surface area contributed by atoms with Crippen molar-refractivity contribution in [2.75, 3.05) is 49.3 Å². The molecule has 1 aliphatic heterocycles. The van der Waals surface area contributed by atoms with Gasteiger partial charge in [0.2, 0.25) is 23.6 Å². The first-order chi connectivity index (χ1) is 30.3. The third kappa shape index (κ3) is 15.6. The van der Waals surface area contributed by atoms with E-state index in [4.69, 9.17) is 0 Å². The van der Waals surface area contributed by atoms with Crippen molar-refractivity contribution in [3.63, 3.8) is 0 Å². The molecule has 1 aliphatic rings. The zero-order chi connectivity index (χ0) is 51.4. The van der Waals surface area contributed by atoms with E-state index in [1.807, 2.05) is 67.3 Å². The lowest BCUT2D eigenvalue weighted by Gasteiger charge is -2.41. The smallest absolute Gasteiger partial charge is 0.326 e. The van der Waals surface area contributed by atoms with Gasteiger partial charge in [0.1, 0.15) is 30.2 Å². The molecule has 1 rings (SSSR count). The Hall–Kier alpha value is -4.85. The minimum absolute atomic E-state index is 0.0151. The van der Waals surface area contributed by atoms with Gasteiger partial charge in [0.15, 0.2) is 0 Å². The summed E-state index contributed by atoms with van der Waals surface area (Å²) in [5.74, 6) is -4.56. The first-order valence-electron chi connectivity index (χ1n) is 23.4. The van der Waals surface area contributed by atoms with Gasteiger partial charge < -0.3 is 30.2 Å². The van der Waals surface area contributed by atoms with Crippen molar-refractivity contribution < 1.29 is 43.2 Å². The van der Waals surface area contributed by atoms with E-state index in [0.29, 0.717) is 12.8 Å². The molecule has 0 aromatic rings. The van der Waals surface area contributed by atoms with E-state index in [1.165, 1.54) is 59.0 Å². The average molecular weight is 936 g/mol. The predicted molar refractivity (Wildman–Crippen MR) is 253 cm³/mol. The van der Waals surface area contributed by atoms with Crippen LogP contribution in [-0.4, -0.2) is 186 Å². The fourth-order valence-electron chi connectivity index (χ4n) is 8.04. The fraction of sp³-hybridized carbons (Fsp3) is 0.804. The first-order valence-corrected chi connectivity index (χ1v) is 23.4.